The lowest BCUT2D eigenvalue weighted by Gasteiger charge is -2.15. The molecule has 0 aromatic heterocycles. The zero-order chi connectivity index (χ0) is 24.8. The van der Waals surface area contributed by atoms with Crippen molar-refractivity contribution in [3.05, 3.63) is 87.2 Å². The number of halogens is 2. The molecule has 0 N–H and O–H groups in total. The SMILES string of the molecule is CCOc1cc(/C=C2\SC(=S)N(c3ccccc3)C2=O)cc(Cl)c1OCCOc1ccccc1Cl. The molecule has 9 heteroatoms. The first-order valence-corrected chi connectivity index (χ1v) is 12.8. The van der Waals surface area contributed by atoms with Gasteiger partial charge in [0.15, 0.2) is 15.8 Å². The molecule has 0 unspecified atom stereocenters. The Morgan fingerprint density at radius 2 is 1.63 bits per heavy atom. The topological polar surface area (TPSA) is 48.0 Å². The highest BCUT2D eigenvalue weighted by molar-refractivity contribution is 8.27. The number of carbonyl (C=O) groups is 1. The minimum absolute atomic E-state index is 0.183. The molecule has 1 aliphatic heterocycles. The van der Waals surface area contributed by atoms with Gasteiger partial charge in [-0.2, -0.15) is 0 Å². The first-order chi connectivity index (χ1) is 17.0. The van der Waals surface area contributed by atoms with Gasteiger partial charge in [0.25, 0.3) is 5.91 Å². The average molecular weight is 546 g/mol. The molecule has 180 valence electrons. The number of thiocarbonyl (C=S) groups is 1. The number of hydrogen-bond acceptors (Lipinski definition) is 6. The molecule has 3 aromatic rings. The molecule has 5 nitrogen and oxygen atoms in total. The van der Waals surface area contributed by atoms with E-state index in [0.29, 0.717) is 48.7 Å². The van der Waals surface area contributed by atoms with Crippen molar-refractivity contribution in [2.24, 2.45) is 0 Å². The molecule has 35 heavy (non-hydrogen) atoms. The molecule has 0 saturated carbocycles. The number of rotatable bonds is 9. The van der Waals surface area contributed by atoms with Crippen molar-refractivity contribution in [3.63, 3.8) is 0 Å². The predicted molar refractivity (Wildman–Crippen MR) is 147 cm³/mol. The molecule has 1 saturated heterocycles. The Labute approximate surface area is 223 Å². The normalized spacial score (nSPS) is 14.5. The molecular formula is C26H21Cl2NO4S2. The Morgan fingerprint density at radius 3 is 2.37 bits per heavy atom. The van der Waals surface area contributed by atoms with Crippen LogP contribution in [0.3, 0.4) is 0 Å². The van der Waals surface area contributed by atoms with Crippen LogP contribution in [-0.4, -0.2) is 30.0 Å². The van der Waals surface area contributed by atoms with Gasteiger partial charge in [-0.05, 0) is 55.0 Å². The van der Waals surface area contributed by atoms with Crippen LogP contribution in [0.4, 0.5) is 5.69 Å². The van der Waals surface area contributed by atoms with Gasteiger partial charge in [0.05, 0.1) is 27.2 Å². The summed E-state index contributed by atoms with van der Waals surface area (Å²) in [5, 5.41) is 0.890. The van der Waals surface area contributed by atoms with Crippen molar-refractivity contribution in [1.29, 1.82) is 0 Å². The van der Waals surface area contributed by atoms with Crippen LogP contribution < -0.4 is 19.1 Å². The largest absolute Gasteiger partial charge is 0.490 e. The Bertz CT molecular complexity index is 1270. The molecule has 1 fully saturated rings. The number of benzene rings is 3. The lowest BCUT2D eigenvalue weighted by molar-refractivity contribution is -0.113. The van der Waals surface area contributed by atoms with Gasteiger partial charge in [0.1, 0.15) is 19.0 Å². The lowest BCUT2D eigenvalue weighted by Crippen LogP contribution is -2.27. The van der Waals surface area contributed by atoms with Gasteiger partial charge in [-0.15, -0.1) is 0 Å². The van der Waals surface area contributed by atoms with Crippen LogP contribution in [0.5, 0.6) is 17.2 Å². The fourth-order valence-electron chi connectivity index (χ4n) is 3.35. The van der Waals surface area contributed by atoms with Crippen LogP contribution in [-0.2, 0) is 4.79 Å². The van der Waals surface area contributed by atoms with E-state index in [4.69, 9.17) is 49.6 Å². The van der Waals surface area contributed by atoms with E-state index in [1.54, 1.807) is 30.3 Å². The van der Waals surface area contributed by atoms with E-state index >= 15 is 0 Å². The number of carbonyl (C=O) groups excluding carboxylic acids is 1. The fraction of sp³-hybridized carbons (Fsp3) is 0.154. The highest BCUT2D eigenvalue weighted by Crippen LogP contribution is 2.40. The van der Waals surface area contributed by atoms with Gasteiger partial charge >= 0.3 is 0 Å². The van der Waals surface area contributed by atoms with Gasteiger partial charge in [-0.3, -0.25) is 9.69 Å². The highest BCUT2D eigenvalue weighted by Gasteiger charge is 2.33. The minimum Gasteiger partial charge on any atom is -0.490 e. The Hall–Kier alpha value is -2.71. The Morgan fingerprint density at radius 1 is 0.914 bits per heavy atom. The second-order valence-corrected chi connectivity index (χ2v) is 9.73. The number of amides is 1. The van der Waals surface area contributed by atoms with Gasteiger partial charge < -0.3 is 14.2 Å². The third-order valence-corrected chi connectivity index (χ3v) is 6.76. The second-order valence-electron chi connectivity index (χ2n) is 7.24. The maximum absolute atomic E-state index is 13.0. The van der Waals surface area contributed by atoms with Crippen molar-refractivity contribution in [2.75, 3.05) is 24.7 Å². The second kappa shape index (κ2) is 11.8. The first-order valence-electron chi connectivity index (χ1n) is 10.8. The maximum Gasteiger partial charge on any atom is 0.270 e. The average Bonchev–Trinajstić information content (AvgIpc) is 3.12. The quantitative estimate of drug-likeness (QED) is 0.160. The predicted octanol–water partition coefficient (Wildman–Crippen LogP) is 7.26. The van der Waals surface area contributed by atoms with Gasteiger partial charge in [-0.25, -0.2) is 0 Å². The zero-order valence-electron chi connectivity index (χ0n) is 18.7. The molecular weight excluding hydrogens is 525 g/mol. The summed E-state index contributed by atoms with van der Waals surface area (Å²) in [6.45, 7) is 2.80. The van der Waals surface area contributed by atoms with E-state index in [9.17, 15) is 4.79 Å². The van der Waals surface area contributed by atoms with Gasteiger partial charge in [-0.1, -0.05) is 77.5 Å². The van der Waals surface area contributed by atoms with Gasteiger partial charge in [0.2, 0.25) is 0 Å². The van der Waals surface area contributed by atoms with E-state index in [0.717, 1.165) is 5.69 Å². The van der Waals surface area contributed by atoms with Crippen LogP contribution in [0.2, 0.25) is 10.0 Å². The van der Waals surface area contributed by atoms with Crippen LogP contribution >= 0.6 is 47.2 Å². The number of anilines is 1. The molecule has 1 amide bonds. The third kappa shape index (κ3) is 6.11. The number of ether oxygens (including phenoxy) is 3. The number of hydrogen-bond donors (Lipinski definition) is 0. The monoisotopic (exact) mass is 545 g/mol. The molecule has 1 aliphatic rings. The first kappa shape index (κ1) is 25.4. The van der Waals surface area contributed by atoms with E-state index < -0.39 is 0 Å². The molecule has 1 heterocycles. The van der Waals surface area contributed by atoms with Crippen molar-refractivity contribution in [3.8, 4) is 17.2 Å². The van der Waals surface area contributed by atoms with Crippen molar-refractivity contribution >= 4 is 69.2 Å². The summed E-state index contributed by atoms with van der Waals surface area (Å²) in [6, 6.07) is 20.1. The smallest absolute Gasteiger partial charge is 0.270 e. The van der Waals surface area contributed by atoms with E-state index in [-0.39, 0.29) is 19.1 Å². The van der Waals surface area contributed by atoms with Crippen molar-refractivity contribution < 1.29 is 19.0 Å². The molecule has 0 bridgehead atoms. The third-order valence-electron chi connectivity index (χ3n) is 4.86. The maximum atomic E-state index is 13.0. The van der Waals surface area contributed by atoms with E-state index in [1.807, 2.05) is 49.4 Å². The summed E-state index contributed by atoms with van der Waals surface area (Å²) in [5.74, 6) is 1.28. The summed E-state index contributed by atoms with van der Waals surface area (Å²) < 4.78 is 17.8. The molecule has 0 spiro atoms. The van der Waals surface area contributed by atoms with Crippen LogP contribution in [0.15, 0.2) is 71.6 Å². The van der Waals surface area contributed by atoms with Crippen LogP contribution in [0.1, 0.15) is 12.5 Å². The number of nitrogens with zero attached hydrogens (tertiary/aromatic N) is 1. The zero-order valence-corrected chi connectivity index (χ0v) is 21.8. The molecule has 0 aliphatic carbocycles. The molecule has 0 atom stereocenters. The van der Waals surface area contributed by atoms with Gasteiger partial charge in [0, 0.05) is 0 Å². The highest BCUT2D eigenvalue weighted by atomic mass is 35.5. The summed E-state index contributed by atoms with van der Waals surface area (Å²) in [6.07, 6.45) is 1.75. The van der Waals surface area contributed by atoms with E-state index in [2.05, 4.69) is 0 Å². The van der Waals surface area contributed by atoms with Crippen molar-refractivity contribution in [1.82, 2.24) is 0 Å². The lowest BCUT2D eigenvalue weighted by atomic mass is 10.1. The number of para-hydroxylation sites is 2. The summed E-state index contributed by atoms with van der Waals surface area (Å²) in [4.78, 5) is 15.1. The molecule has 4 rings (SSSR count). The summed E-state index contributed by atoms with van der Waals surface area (Å²) >= 11 is 19.3. The summed E-state index contributed by atoms with van der Waals surface area (Å²) in [5.41, 5.74) is 1.43. The Balaban J connectivity index is 1.50. The minimum atomic E-state index is -0.183. The van der Waals surface area contributed by atoms with E-state index in [1.165, 1.54) is 16.7 Å². The molecule has 0 radical (unpaired) electrons. The Kier molecular flexibility index (Phi) is 8.57. The van der Waals surface area contributed by atoms with Crippen LogP contribution in [0, 0.1) is 0 Å². The number of thioether (sulfide) groups is 1. The molecule has 3 aromatic carbocycles. The fourth-order valence-corrected chi connectivity index (χ4v) is 5.11. The summed E-state index contributed by atoms with van der Waals surface area (Å²) in [7, 11) is 0. The standard InChI is InChI=1S/C26H21Cl2NO4S2/c1-2-31-22-15-17(16-23-25(30)29(26(34)35-23)18-8-4-3-5-9-18)14-20(28)24(22)33-13-12-32-21-11-7-6-10-19(21)27/h3-11,14-16H,2,12-13H2,1H3/b23-16-. The van der Waals surface area contributed by atoms with Crippen LogP contribution in [0.25, 0.3) is 6.08 Å². The van der Waals surface area contributed by atoms with Crippen molar-refractivity contribution in [2.45, 2.75) is 6.92 Å².